The van der Waals surface area contributed by atoms with E-state index in [-0.39, 0.29) is 12.3 Å². The van der Waals surface area contributed by atoms with Crippen LogP contribution in [0.5, 0.6) is 0 Å². The lowest BCUT2D eigenvalue weighted by atomic mass is 10.1. The molecular weight excluding hydrogens is 447 g/mol. The SMILES string of the molecule is Cc1nc(CC(=O)Nc2c[nH]c3ccc(-c4cnn(-c5ccc(C(F)(F)F)cc5)c4)cc23)n[nH]1. The smallest absolute Gasteiger partial charge is 0.359 e. The molecule has 0 fully saturated rings. The highest BCUT2D eigenvalue weighted by atomic mass is 19.4. The number of alkyl halides is 3. The predicted octanol–water partition coefficient (Wildman–Crippen LogP) is 4.65. The molecule has 0 bridgehead atoms. The van der Waals surface area contributed by atoms with Gasteiger partial charge in [0.2, 0.25) is 5.91 Å². The Morgan fingerprint density at radius 1 is 1.12 bits per heavy atom. The molecule has 34 heavy (non-hydrogen) atoms. The van der Waals surface area contributed by atoms with Crippen molar-refractivity contribution in [2.75, 3.05) is 5.32 Å². The van der Waals surface area contributed by atoms with Crippen LogP contribution < -0.4 is 5.32 Å². The number of aryl methyl sites for hydroxylation is 1. The van der Waals surface area contributed by atoms with Crippen LogP contribution in [0.25, 0.3) is 27.7 Å². The number of hydrogen-bond donors (Lipinski definition) is 3. The lowest BCUT2D eigenvalue weighted by Gasteiger charge is -2.07. The molecule has 0 spiro atoms. The third kappa shape index (κ3) is 4.27. The maximum Gasteiger partial charge on any atom is 0.416 e. The minimum Gasteiger partial charge on any atom is -0.359 e. The van der Waals surface area contributed by atoms with E-state index in [2.05, 4.69) is 30.6 Å². The molecule has 0 radical (unpaired) electrons. The van der Waals surface area contributed by atoms with Crippen LogP contribution in [0, 0.1) is 6.92 Å². The number of benzene rings is 2. The summed E-state index contributed by atoms with van der Waals surface area (Å²) < 4.78 is 39.9. The second-order valence-corrected chi connectivity index (χ2v) is 7.74. The normalized spacial score (nSPS) is 11.8. The fraction of sp³-hybridized carbons (Fsp3) is 0.130. The first-order chi connectivity index (χ1) is 16.3. The van der Waals surface area contributed by atoms with Gasteiger partial charge in [-0.15, -0.1) is 0 Å². The van der Waals surface area contributed by atoms with Crippen LogP contribution >= 0.6 is 0 Å². The van der Waals surface area contributed by atoms with Gasteiger partial charge in [0.05, 0.1) is 29.6 Å². The Kier molecular flexibility index (Phi) is 5.16. The third-order valence-corrected chi connectivity index (χ3v) is 5.29. The van der Waals surface area contributed by atoms with Crippen LogP contribution in [-0.2, 0) is 17.4 Å². The van der Waals surface area contributed by atoms with Crippen LogP contribution in [0.1, 0.15) is 17.2 Å². The molecule has 3 N–H and O–H groups in total. The molecule has 0 atom stereocenters. The number of halogens is 3. The monoisotopic (exact) mass is 465 g/mol. The molecule has 0 saturated heterocycles. The van der Waals surface area contributed by atoms with Gasteiger partial charge < -0.3 is 10.3 Å². The highest BCUT2D eigenvalue weighted by molar-refractivity contribution is 6.03. The minimum absolute atomic E-state index is 0.0383. The summed E-state index contributed by atoms with van der Waals surface area (Å²) in [6.07, 6.45) is 0.730. The van der Waals surface area contributed by atoms with E-state index in [0.717, 1.165) is 34.2 Å². The number of rotatable bonds is 5. The van der Waals surface area contributed by atoms with Crippen molar-refractivity contribution in [3.63, 3.8) is 0 Å². The number of fused-ring (bicyclic) bond motifs is 1. The standard InChI is InChI=1S/C23H18F3N7O/c1-13-29-21(32-31-13)9-22(34)30-20-11-27-19-7-2-14(8-18(19)20)15-10-28-33(12-15)17-5-3-16(4-6-17)23(24,25)26/h2-8,10-12,27H,9H2,1H3,(H,30,34)(H,29,31,32). The van der Waals surface area contributed by atoms with E-state index in [1.54, 1.807) is 25.5 Å². The topological polar surface area (TPSA) is 104 Å². The Labute approximate surface area is 190 Å². The molecule has 0 saturated carbocycles. The number of aromatic amines is 2. The molecule has 0 aliphatic carbocycles. The lowest BCUT2D eigenvalue weighted by molar-refractivity contribution is -0.137. The molecule has 3 heterocycles. The third-order valence-electron chi connectivity index (χ3n) is 5.29. The van der Waals surface area contributed by atoms with E-state index in [0.29, 0.717) is 23.0 Å². The highest BCUT2D eigenvalue weighted by Gasteiger charge is 2.30. The molecule has 1 amide bonds. The van der Waals surface area contributed by atoms with Crippen LogP contribution in [0.15, 0.2) is 61.1 Å². The molecule has 172 valence electrons. The van der Waals surface area contributed by atoms with Crippen LogP contribution in [-0.4, -0.2) is 35.9 Å². The van der Waals surface area contributed by atoms with Gasteiger partial charge >= 0.3 is 6.18 Å². The Bertz CT molecular complexity index is 1480. The molecule has 11 heteroatoms. The fourth-order valence-electron chi connectivity index (χ4n) is 3.63. The molecule has 5 aromatic rings. The number of carbonyl (C=O) groups excluding carboxylic acids is 1. The van der Waals surface area contributed by atoms with E-state index in [1.165, 1.54) is 16.8 Å². The molecule has 3 aromatic heterocycles. The van der Waals surface area contributed by atoms with Gasteiger partial charge in [0, 0.05) is 28.9 Å². The summed E-state index contributed by atoms with van der Waals surface area (Å²) in [5.74, 6) is 0.794. The Balaban J connectivity index is 1.37. The number of nitrogens with one attached hydrogen (secondary N) is 3. The van der Waals surface area contributed by atoms with Crippen molar-refractivity contribution < 1.29 is 18.0 Å². The Morgan fingerprint density at radius 2 is 1.91 bits per heavy atom. The number of nitrogens with zero attached hydrogens (tertiary/aromatic N) is 4. The van der Waals surface area contributed by atoms with Gasteiger partial charge in [0.25, 0.3) is 0 Å². The van der Waals surface area contributed by atoms with Crippen molar-refractivity contribution in [2.24, 2.45) is 0 Å². The number of aromatic nitrogens is 6. The van der Waals surface area contributed by atoms with Crippen LogP contribution in [0.2, 0.25) is 0 Å². The minimum atomic E-state index is -4.39. The van der Waals surface area contributed by atoms with Gasteiger partial charge in [-0.25, -0.2) is 9.67 Å². The Hall–Kier alpha value is -4.41. The fourth-order valence-corrected chi connectivity index (χ4v) is 3.63. The van der Waals surface area contributed by atoms with Crippen molar-refractivity contribution >= 4 is 22.5 Å². The van der Waals surface area contributed by atoms with Crippen molar-refractivity contribution in [1.82, 2.24) is 29.9 Å². The predicted molar refractivity (Wildman–Crippen MR) is 119 cm³/mol. The zero-order chi connectivity index (χ0) is 23.9. The van der Waals surface area contributed by atoms with Gasteiger partial charge in [0.15, 0.2) is 5.82 Å². The van der Waals surface area contributed by atoms with E-state index < -0.39 is 11.7 Å². The summed E-state index contributed by atoms with van der Waals surface area (Å²) >= 11 is 0. The molecule has 2 aromatic carbocycles. The van der Waals surface area contributed by atoms with Crippen molar-refractivity contribution in [3.8, 4) is 16.8 Å². The molecule has 8 nitrogen and oxygen atoms in total. The number of amides is 1. The molecule has 0 unspecified atom stereocenters. The highest BCUT2D eigenvalue weighted by Crippen LogP contribution is 2.31. The van der Waals surface area contributed by atoms with Gasteiger partial charge in [-0.3, -0.25) is 9.89 Å². The van der Waals surface area contributed by atoms with Crippen molar-refractivity contribution in [3.05, 3.63) is 78.3 Å². The summed E-state index contributed by atoms with van der Waals surface area (Å²) in [7, 11) is 0. The molecule has 0 aliphatic rings. The average molecular weight is 465 g/mol. The Morgan fingerprint density at radius 3 is 2.62 bits per heavy atom. The van der Waals surface area contributed by atoms with Crippen molar-refractivity contribution in [2.45, 2.75) is 19.5 Å². The van der Waals surface area contributed by atoms with Crippen LogP contribution in [0.3, 0.4) is 0 Å². The van der Waals surface area contributed by atoms with E-state index >= 15 is 0 Å². The van der Waals surface area contributed by atoms with E-state index in [9.17, 15) is 18.0 Å². The largest absolute Gasteiger partial charge is 0.416 e. The summed E-state index contributed by atoms with van der Waals surface area (Å²) in [5, 5.41) is 14.6. The number of anilines is 1. The van der Waals surface area contributed by atoms with Gasteiger partial charge in [-0.2, -0.15) is 23.4 Å². The van der Waals surface area contributed by atoms with Gasteiger partial charge in [-0.1, -0.05) is 6.07 Å². The number of H-pyrrole nitrogens is 2. The molecular formula is C23H18F3N7O. The maximum atomic E-state index is 12.8. The molecule has 0 aliphatic heterocycles. The zero-order valence-electron chi connectivity index (χ0n) is 17.8. The first-order valence-corrected chi connectivity index (χ1v) is 10.3. The van der Waals surface area contributed by atoms with Crippen molar-refractivity contribution in [1.29, 1.82) is 0 Å². The van der Waals surface area contributed by atoms with Crippen LogP contribution in [0.4, 0.5) is 18.9 Å². The van der Waals surface area contributed by atoms with Gasteiger partial charge in [-0.05, 0) is 48.9 Å². The second-order valence-electron chi connectivity index (χ2n) is 7.74. The summed E-state index contributed by atoms with van der Waals surface area (Å²) in [6, 6.07) is 10.5. The molecule has 5 rings (SSSR count). The number of hydrogen-bond acceptors (Lipinski definition) is 4. The average Bonchev–Trinajstić information content (AvgIpc) is 3.54. The maximum absolute atomic E-state index is 12.8. The summed E-state index contributed by atoms with van der Waals surface area (Å²) in [6.45, 7) is 1.76. The first kappa shape index (κ1) is 21.4. The quantitative estimate of drug-likeness (QED) is 0.352. The summed E-state index contributed by atoms with van der Waals surface area (Å²) in [4.78, 5) is 19.7. The lowest BCUT2D eigenvalue weighted by Crippen LogP contribution is -2.15. The number of carbonyl (C=O) groups is 1. The zero-order valence-corrected chi connectivity index (χ0v) is 17.8. The van der Waals surface area contributed by atoms with E-state index in [4.69, 9.17) is 0 Å². The summed E-state index contributed by atoms with van der Waals surface area (Å²) in [5.41, 5.74) is 2.86. The second kappa shape index (κ2) is 8.18. The van der Waals surface area contributed by atoms with Gasteiger partial charge in [0.1, 0.15) is 5.82 Å². The van der Waals surface area contributed by atoms with E-state index in [1.807, 2.05) is 18.2 Å². The first-order valence-electron chi connectivity index (χ1n) is 10.3.